The lowest BCUT2D eigenvalue weighted by Gasteiger charge is -2.28. The summed E-state index contributed by atoms with van der Waals surface area (Å²) in [6.45, 7) is 7.11. The number of nitrogens with one attached hydrogen (secondary N) is 1. The topological polar surface area (TPSA) is 109 Å². The smallest absolute Gasteiger partial charge is 0.273 e. The largest absolute Gasteiger partial charge is 0.494 e. The van der Waals surface area contributed by atoms with Crippen LogP contribution in [0, 0.1) is 17.0 Å². The van der Waals surface area contributed by atoms with Gasteiger partial charge in [0.1, 0.15) is 12.3 Å². The van der Waals surface area contributed by atoms with Gasteiger partial charge in [-0.05, 0) is 62.1 Å². The minimum Gasteiger partial charge on any atom is -0.494 e. The van der Waals surface area contributed by atoms with Gasteiger partial charge in [0.25, 0.3) is 11.6 Å². The molecule has 0 spiro atoms. The number of nitrogens with zero attached hydrogens (tertiary/aromatic N) is 3. The highest BCUT2D eigenvalue weighted by Crippen LogP contribution is 2.22. The molecular formula is C32H36N4O5. The maximum absolute atomic E-state index is 13.8. The Labute approximate surface area is 239 Å². The van der Waals surface area contributed by atoms with Gasteiger partial charge in [0.05, 0.1) is 11.5 Å². The summed E-state index contributed by atoms with van der Waals surface area (Å²) in [6.07, 6.45) is 3.25. The number of fused-ring (bicyclic) bond motifs is 1. The molecule has 1 heterocycles. The molecule has 9 nitrogen and oxygen atoms in total. The van der Waals surface area contributed by atoms with E-state index in [1.807, 2.05) is 62.5 Å². The number of nitro groups is 1. The molecule has 0 aliphatic heterocycles. The van der Waals surface area contributed by atoms with Gasteiger partial charge >= 0.3 is 0 Å². The SMILES string of the molecule is CCCN(CC(=O)N(CCc1c[nH]c2ccccc12)Cc1ccc(OCC)cc1)C(=O)c1ccc(C)c([N+](=O)[O-])c1. The molecule has 0 atom stereocenters. The highest BCUT2D eigenvalue weighted by Gasteiger charge is 2.24. The number of aromatic amines is 1. The second-order valence-corrected chi connectivity index (χ2v) is 9.99. The monoisotopic (exact) mass is 556 g/mol. The summed E-state index contributed by atoms with van der Waals surface area (Å²) >= 11 is 0. The van der Waals surface area contributed by atoms with Crippen LogP contribution < -0.4 is 4.74 Å². The van der Waals surface area contributed by atoms with Crippen molar-refractivity contribution in [2.45, 2.75) is 40.2 Å². The Morgan fingerprint density at radius 3 is 2.44 bits per heavy atom. The number of hydrogen-bond donors (Lipinski definition) is 1. The number of rotatable bonds is 13. The zero-order valence-corrected chi connectivity index (χ0v) is 23.8. The van der Waals surface area contributed by atoms with Gasteiger partial charge in [-0.25, -0.2) is 0 Å². The zero-order chi connectivity index (χ0) is 29.4. The van der Waals surface area contributed by atoms with E-state index >= 15 is 0 Å². The number of aromatic nitrogens is 1. The third-order valence-corrected chi connectivity index (χ3v) is 7.05. The Hall–Kier alpha value is -4.66. The first-order valence-electron chi connectivity index (χ1n) is 13.9. The molecule has 4 aromatic rings. The van der Waals surface area contributed by atoms with Crippen LogP contribution in [0.2, 0.25) is 0 Å². The molecule has 9 heteroatoms. The van der Waals surface area contributed by atoms with Crippen LogP contribution in [0.15, 0.2) is 72.9 Å². The minimum atomic E-state index is -0.495. The van der Waals surface area contributed by atoms with Crippen molar-refractivity contribution < 1.29 is 19.2 Å². The summed E-state index contributed by atoms with van der Waals surface area (Å²) in [5.41, 5.74) is 3.65. The minimum absolute atomic E-state index is 0.116. The standard InChI is InChI=1S/C32H36N4O5/c1-4-17-35(32(38)25-13-10-23(3)30(19-25)36(39)40)22-31(37)34(21-24-11-14-27(15-12-24)41-5-2)18-16-26-20-33-29-9-7-6-8-28(26)29/h6-15,19-20,33H,4-5,16-18,21-22H2,1-3H3. The van der Waals surface area contributed by atoms with Crippen molar-refractivity contribution >= 4 is 28.4 Å². The summed E-state index contributed by atoms with van der Waals surface area (Å²) in [7, 11) is 0. The zero-order valence-electron chi connectivity index (χ0n) is 23.8. The molecule has 214 valence electrons. The number of H-pyrrole nitrogens is 1. The number of ether oxygens (including phenoxy) is 1. The van der Waals surface area contributed by atoms with E-state index in [1.165, 1.54) is 11.0 Å². The van der Waals surface area contributed by atoms with E-state index in [2.05, 4.69) is 11.1 Å². The molecule has 0 saturated carbocycles. The van der Waals surface area contributed by atoms with Crippen LogP contribution >= 0.6 is 0 Å². The first kappa shape index (κ1) is 29.3. The van der Waals surface area contributed by atoms with E-state index in [4.69, 9.17) is 4.74 Å². The van der Waals surface area contributed by atoms with Crippen molar-refractivity contribution in [3.8, 4) is 5.75 Å². The summed E-state index contributed by atoms with van der Waals surface area (Å²) < 4.78 is 5.56. The van der Waals surface area contributed by atoms with Gasteiger partial charge in [-0.2, -0.15) is 0 Å². The normalized spacial score (nSPS) is 10.9. The quantitative estimate of drug-likeness (QED) is 0.163. The average molecular weight is 557 g/mol. The number of nitro benzene ring substituents is 1. The van der Waals surface area contributed by atoms with Crippen LogP contribution in [-0.4, -0.2) is 57.8 Å². The highest BCUT2D eigenvalue weighted by atomic mass is 16.6. The Morgan fingerprint density at radius 1 is 0.976 bits per heavy atom. The molecule has 2 amide bonds. The number of aryl methyl sites for hydroxylation is 1. The fraction of sp³-hybridized carbons (Fsp3) is 0.312. The van der Waals surface area contributed by atoms with Crippen LogP contribution in [0.25, 0.3) is 10.9 Å². The van der Waals surface area contributed by atoms with Gasteiger partial charge in [-0.3, -0.25) is 19.7 Å². The van der Waals surface area contributed by atoms with Crippen LogP contribution in [-0.2, 0) is 17.8 Å². The molecule has 41 heavy (non-hydrogen) atoms. The molecule has 0 radical (unpaired) electrons. The van der Waals surface area contributed by atoms with E-state index in [9.17, 15) is 19.7 Å². The predicted octanol–water partition coefficient (Wildman–Crippen LogP) is 5.91. The lowest BCUT2D eigenvalue weighted by atomic mass is 10.1. The van der Waals surface area contributed by atoms with Crippen molar-refractivity contribution in [2.24, 2.45) is 0 Å². The predicted molar refractivity (Wildman–Crippen MR) is 159 cm³/mol. The molecular weight excluding hydrogens is 520 g/mol. The Balaban J connectivity index is 1.56. The number of carbonyl (C=O) groups excluding carboxylic acids is 2. The summed E-state index contributed by atoms with van der Waals surface area (Å²) in [5, 5.41) is 12.6. The van der Waals surface area contributed by atoms with Crippen LogP contribution in [0.5, 0.6) is 5.75 Å². The molecule has 0 aliphatic carbocycles. The van der Waals surface area contributed by atoms with Crippen LogP contribution in [0.3, 0.4) is 0 Å². The third kappa shape index (κ3) is 7.30. The van der Waals surface area contributed by atoms with E-state index in [0.29, 0.717) is 44.6 Å². The highest BCUT2D eigenvalue weighted by molar-refractivity contribution is 5.97. The lowest BCUT2D eigenvalue weighted by Crippen LogP contribution is -2.43. The fourth-order valence-corrected chi connectivity index (χ4v) is 4.87. The molecule has 1 N–H and O–H groups in total. The number of para-hydroxylation sites is 1. The van der Waals surface area contributed by atoms with Crippen LogP contribution in [0.4, 0.5) is 5.69 Å². The van der Waals surface area contributed by atoms with E-state index < -0.39 is 10.8 Å². The van der Waals surface area contributed by atoms with Crippen molar-refractivity contribution in [1.29, 1.82) is 0 Å². The third-order valence-electron chi connectivity index (χ3n) is 7.05. The fourth-order valence-electron chi connectivity index (χ4n) is 4.87. The van der Waals surface area contributed by atoms with E-state index in [1.54, 1.807) is 24.0 Å². The average Bonchev–Trinajstić information content (AvgIpc) is 3.38. The first-order chi connectivity index (χ1) is 19.8. The summed E-state index contributed by atoms with van der Waals surface area (Å²) in [5.74, 6) is 0.169. The molecule has 0 unspecified atom stereocenters. The van der Waals surface area contributed by atoms with Crippen molar-refractivity contribution in [2.75, 3.05) is 26.2 Å². The molecule has 0 aliphatic rings. The molecule has 1 aromatic heterocycles. The van der Waals surface area contributed by atoms with Crippen LogP contribution in [0.1, 0.15) is 47.3 Å². The molecule has 0 bridgehead atoms. The number of hydrogen-bond acceptors (Lipinski definition) is 5. The van der Waals surface area contributed by atoms with Gasteiger partial charge < -0.3 is 19.5 Å². The number of benzene rings is 3. The van der Waals surface area contributed by atoms with Gasteiger partial charge in [0.2, 0.25) is 5.91 Å². The van der Waals surface area contributed by atoms with Crippen molar-refractivity contribution in [1.82, 2.24) is 14.8 Å². The molecule has 0 saturated heterocycles. The van der Waals surface area contributed by atoms with E-state index in [-0.39, 0.29) is 23.7 Å². The summed E-state index contributed by atoms with van der Waals surface area (Å²) in [6, 6.07) is 20.1. The summed E-state index contributed by atoms with van der Waals surface area (Å²) in [4.78, 5) is 44.7. The van der Waals surface area contributed by atoms with Crippen molar-refractivity contribution in [3.05, 3.63) is 105 Å². The van der Waals surface area contributed by atoms with E-state index in [0.717, 1.165) is 27.8 Å². The van der Waals surface area contributed by atoms with Gasteiger partial charge in [-0.1, -0.05) is 43.3 Å². The van der Waals surface area contributed by atoms with Crippen molar-refractivity contribution in [3.63, 3.8) is 0 Å². The number of amides is 2. The second kappa shape index (κ2) is 13.6. The maximum Gasteiger partial charge on any atom is 0.273 e. The Kier molecular flexibility index (Phi) is 9.73. The van der Waals surface area contributed by atoms with Gasteiger partial charge in [0, 0.05) is 53.9 Å². The Morgan fingerprint density at radius 2 is 1.73 bits per heavy atom. The molecule has 0 fully saturated rings. The van der Waals surface area contributed by atoms with Gasteiger partial charge in [-0.15, -0.1) is 0 Å². The molecule has 4 rings (SSSR count). The lowest BCUT2D eigenvalue weighted by molar-refractivity contribution is -0.385. The maximum atomic E-state index is 13.8. The number of carbonyl (C=O) groups is 2. The molecule has 3 aromatic carbocycles. The second-order valence-electron chi connectivity index (χ2n) is 9.99. The Bertz CT molecular complexity index is 1510. The van der Waals surface area contributed by atoms with Gasteiger partial charge in [0.15, 0.2) is 0 Å². The first-order valence-corrected chi connectivity index (χ1v) is 13.9.